The van der Waals surface area contributed by atoms with Crippen LogP contribution in [0.1, 0.15) is 54.5 Å². The normalized spacial score (nSPS) is 21.0. The molecule has 2 aliphatic rings. The lowest BCUT2D eigenvalue weighted by atomic mass is 9.73. The van der Waals surface area contributed by atoms with Crippen molar-refractivity contribution in [3.05, 3.63) is 74.3 Å². The Morgan fingerprint density at radius 1 is 1.16 bits per heavy atom. The predicted molar refractivity (Wildman–Crippen MR) is 121 cm³/mol. The Balaban J connectivity index is 1.76. The molecule has 0 saturated heterocycles. The fourth-order valence-corrected chi connectivity index (χ4v) is 5.62. The van der Waals surface area contributed by atoms with Crippen LogP contribution in [0.2, 0.25) is 0 Å². The zero-order valence-corrected chi connectivity index (χ0v) is 19.1. The van der Waals surface area contributed by atoms with Crippen molar-refractivity contribution in [2.75, 3.05) is 13.7 Å². The molecule has 162 valence electrons. The van der Waals surface area contributed by atoms with Crippen LogP contribution in [0.5, 0.6) is 5.75 Å². The Morgan fingerprint density at radius 3 is 2.52 bits per heavy atom. The van der Waals surface area contributed by atoms with Crippen LogP contribution in [-0.4, -0.2) is 25.5 Å². The van der Waals surface area contributed by atoms with Gasteiger partial charge in [-0.2, -0.15) is 0 Å². The zero-order chi connectivity index (χ0) is 22.1. The highest BCUT2D eigenvalue weighted by Crippen LogP contribution is 2.47. The maximum absolute atomic E-state index is 13.5. The molecule has 1 aromatic carbocycles. The molecule has 1 aliphatic heterocycles. The molecule has 2 unspecified atom stereocenters. The molecule has 0 amide bonds. The first-order chi connectivity index (χ1) is 14.9. The maximum Gasteiger partial charge on any atom is 0.336 e. The van der Waals surface area contributed by atoms with E-state index in [0.717, 1.165) is 39.6 Å². The van der Waals surface area contributed by atoms with Crippen molar-refractivity contribution in [1.82, 2.24) is 5.32 Å². The Bertz CT molecular complexity index is 1080. The van der Waals surface area contributed by atoms with E-state index in [0.29, 0.717) is 24.2 Å². The number of thiophene rings is 1. The number of carbonyl (C=O) groups is 2. The molecular formula is C25H27NO4S. The summed E-state index contributed by atoms with van der Waals surface area (Å²) in [6.45, 7) is 6.02. The summed E-state index contributed by atoms with van der Waals surface area (Å²) in [5.74, 6) is 0.238. The molecule has 4 rings (SSSR count). The third-order valence-corrected chi connectivity index (χ3v) is 7.16. The number of benzene rings is 1. The fourth-order valence-electron chi connectivity index (χ4n) is 4.57. The summed E-state index contributed by atoms with van der Waals surface area (Å²) in [7, 11) is 1.64. The van der Waals surface area contributed by atoms with Gasteiger partial charge in [0.25, 0.3) is 0 Å². The molecule has 1 N–H and O–H groups in total. The van der Waals surface area contributed by atoms with Gasteiger partial charge in [-0.1, -0.05) is 12.1 Å². The zero-order valence-electron chi connectivity index (χ0n) is 18.3. The van der Waals surface area contributed by atoms with Crippen LogP contribution in [0.4, 0.5) is 0 Å². The summed E-state index contributed by atoms with van der Waals surface area (Å²) in [5.41, 5.74) is 5.14. The summed E-state index contributed by atoms with van der Waals surface area (Å²) >= 11 is 1.59. The number of aryl methyl sites for hydroxylation is 1. The molecule has 0 saturated carbocycles. The third-order valence-electron chi connectivity index (χ3n) is 6.07. The molecule has 1 aliphatic carbocycles. The molecule has 6 heteroatoms. The number of ketones is 1. The first kappa shape index (κ1) is 21.4. The molecule has 2 atom stereocenters. The van der Waals surface area contributed by atoms with Gasteiger partial charge in [0.05, 0.1) is 25.2 Å². The highest BCUT2D eigenvalue weighted by molar-refractivity contribution is 7.10. The Kier molecular flexibility index (Phi) is 6.01. The highest BCUT2D eigenvalue weighted by Gasteiger charge is 2.42. The molecule has 0 bridgehead atoms. The van der Waals surface area contributed by atoms with E-state index in [-0.39, 0.29) is 23.6 Å². The van der Waals surface area contributed by atoms with Crippen LogP contribution < -0.4 is 10.1 Å². The van der Waals surface area contributed by atoms with E-state index >= 15 is 0 Å². The van der Waals surface area contributed by atoms with Crippen LogP contribution in [0.15, 0.2) is 58.3 Å². The largest absolute Gasteiger partial charge is 0.497 e. The number of dihydropyridines is 1. The van der Waals surface area contributed by atoms with E-state index in [1.165, 1.54) is 0 Å². The van der Waals surface area contributed by atoms with Crippen LogP contribution in [0, 0.1) is 6.92 Å². The van der Waals surface area contributed by atoms with Crippen molar-refractivity contribution < 1.29 is 19.1 Å². The smallest absolute Gasteiger partial charge is 0.336 e. The molecule has 0 spiro atoms. The van der Waals surface area contributed by atoms with Crippen molar-refractivity contribution in [1.29, 1.82) is 0 Å². The summed E-state index contributed by atoms with van der Waals surface area (Å²) in [4.78, 5) is 27.4. The lowest BCUT2D eigenvalue weighted by Gasteiger charge is -2.36. The standard InChI is InChI=1S/C25H27NO4S/c1-5-30-25(28)21-15(3)26-19-12-17(16-6-8-18(29-4)9-7-16)13-20(27)22(19)23(21)24-14(2)10-11-31-24/h6-11,17,23,26H,5,12-13H2,1-4H3. The average molecular weight is 438 g/mol. The quantitative estimate of drug-likeness (QED) is 0.668. The van der Waals surface area contributed by atoms with Gasteiger partial charge in [-0.05, 0) is 67.8 Å². The second-order valence-corrected chi connectivity index (χ2v) is 8.93. The molecule has 1 aromatic heterocycles. The highest BCUT2D eigenvalue weighted by atomic mass is 32.1. The first-order valence-electron chi connectivity index (χ1n) is 10.5. The molecule has 0 radical (unpaired) electrons. The van der Waals surface area contributed by atoms with E-state index in [9.17, 15) is 9.59 Å². The van der Waals surface area contributed by atoms with Crippen molar-refractivity contribution >= 4 is 23.1 Å². The van der Waals surface area contributed by atoms with E-state index in [1.807, 2.05) is 49.6 Å². The van der Waals surface area contributed by atoms with E-state index in [1.54, 1.807) is 25.4 Å². The fraction of sp³-hybridized carbons (Fsp3) is 0.360. The molecular weight excluding hydrogens is 410 g/mol. The van der Waals surface area contributed by atoms with Crippen LogP contribution in [-0.2, 0) is 14.3 Å². The summed E-state index contributed by atoms with van der Waals surface area (Å²) in [5, 5.41) is 5.40. The van der Waals surface area contributed by atoms with Gasteiger partial charge in [-0.15, -0.1) is 11.3 Å². The van der Waals surface area contributed by atoms with E-state index in [2.05, 4.69) is 5.32 Å². The van der Waals surface area contributed by atoms with E-state index in [4.69, 9.17) is 9.47 Å². The topological polar surface area (TPSA) is 64.6 Å². The number of hydrogen-bond acceptors (Lipinski definition) is 6. The lowest BCUT2D eigenvalue weighted by Crippen LogP contribution is -2.36. The number of carbonyl (C=O) groups excluding carboxylic acids is 2. The monoisotopic (exact) mass is 437 g/mol. The Labute approximate surface area is 186 Å². The number of allylic oxidation sites excluding steroid dienone is 3. The van der Waals surface area contributed by atoms with Crippen molar-refractivity contribution in [3.63, 3.8) is 0 Å². The molecule has 0 fully saturated rings. The van der Waals surface area contributed by atoms with Crippen molar-refractivity contribution in [2.45, 2.75) is 45.4 Å². The number of hydrogen-bond donors (Lipinski definition) is 1. The van der Waals surface area contributed by atoms with Gasteiger partial charge in [-0.3, -0.25) is 4.79 Å². The average Bonchev–Trinajstić information content (AvgIpc) is 3.18. The number of rotatable bonds is 5. The van der Waals surface area contributed by atoms with Crippen molar-refractivity contribution in [3.8, 4) is 5.75 Å². The van der Waals surface area contributed by atoms with Gasteiger partial charge in [-0.25, -0.2) is 4.79 Å². The number of ether oxygens (including phenoxy) is 2. The second kappa shape index (κ2) is 8.71. The molecule has 2 heterocycles. The Morgan fingerprint density at radius 2 is 1.90 bits per heavy atom. The molecule has 2 aromatic rings. The number of Topliss-reactive ketones (excluding diaryl/α,β-unsaturated/α-hetero) is 1. The minimum atomic E-state index is -0.375. The van der Waals surface area contributed by atoms with Gasteiger partial charge in [0.15, 0.2) is 5.78 Å². The second-order valence-electron chi connectivity index (χ2n) is 7.98. The lowest BCUT2D eigenvalue weighted by molar-refractivity contribution is -0.138. The Hall–Kier alpha value is -2.86. The molecule has 31 heavy (non-hydrogen) atoms. The summed E-state index contributed by atoms with van der Waals surface area (Å²) < 4.78 is 10.6. The van der Waals surface area contributed by atoms with Gasteiger partial charge < -0.3 is 14.8 Å². The number of nitrogens with one attached hydrogen (secondary N) is 1. The summed E-state index contributed by atoms with van der Waals surface area (Å²) in [6, 6.07) is 9.95. The number of methoxy groups -OCH3 is 1. The van der Waals surface area contributed by atoms with Crippen molar-refractivity contribution in [2.24, 2.45) is 0 Å². The van der Waals surface area contributed by atoms with Crippen LogP contribution in [0.3, 0.4) is 0 Å². The van der Waals surface area contributed by atoms with Gasteiger partial charge in [0, 0.05) is 28.3 Å². The van der Waals surface area contributed by atoms with Gasteiger partial charge in [0.2, 0.25) is 0 Å². The SMILES string of the molecule is CCOC(=O)C1=C(C)NC2=C(C(=O)CC(c3ccc(OC)cc3)C2)C1c1sccc1C. The van der Waals surface area contributed by atoms with Crippen LogP contribution >= 0.6 is 11.3 Å². The first-order valence-corrected chi connectivity index (χ1v) is 11.4. The minimum Gasteiger partial charge on any atom is -0.497 e. The van der Waals surface area contributed by atoms with Gasteiger partial charge >= 0.3 is 5.97 Å². The molecule has 5 nitrogen and oxygen atoms in total. The third kappa shape index (κ3) is 3.92. The number of esters is 1. The minimum absolute atomic E-state index is 0.0849. The maximum atomic E-state index is 13.5. The van der Waals surface area contributed by atoms with E-state index < -0.39 is 0 Å². The van der Waals surface area contributed by atoms with Crippen LogP contribution in [0.25, 0.3) is 0 Å². The summed E-state index contributed by atoms with van der Waals surface area (Å²) in [6.07, 6.45) is 1.14. The van der Waals surface area contributed by atoms with Gasteiger partial charge in [0.1, 0.15) is 5.75 Å². The predicted octanol–water partition coefficient (Wildman–Crippen LogP) is 4.99.